The van der Waals surface area contributed by atoms with Crippen LogP contribution in [0, 0.1) is 6.92 Å². The van der Waals surface area contributed by atoms with E-state index in [1.165, 1.54) is 0 Å². The Hall–Kier alpha value is -2.28. The molecule has 0 saturated carbocycles. The first-order valence-corrected chi connectivity index (χ1v) is 13.1. The number of carbonyl (C=O) groups is 1. The second-order valence-electron chi connectivity index (χ2n) is 10.1. The maximum Gasteiger partial charge on any atom is 0.357 e. The van der Waals surface area contributed by atoms with Gasteiger partial charge in [-0.2, -0.15) is 0 Å². The molecular formula is C23H36N2O4Si. The third kappa shape index (κ3) is 5.06. The molecule has 1 aromatic heterocycles. The normalized spacial score (nSPS) is 12.6. The third-order valence-corrected chi connectivity index (χ3v) is 9.86. The highest BCUT2D eigenvalue weighted by Crippen LogP contribution is 2.41. The number of hydrogen-bond donors (Lipinski definition) is 0. The molecule has 7 heteroatoms. The van der Waals surface area contributed by atoms with Crippen LogP contribution in [-0.2, 0) is 11.8 Å². The molecule has 0 bridgehead atoms. The van der Waals surface area contributed by atoms with E-state index in [1.54, 1.807) is 11.7 Å². The first kappa shape index (κ1) is 24.0. The van der Waals surface area contributed by atoms with Crippen LogP contribution in [0.2, 0.25) is 18.1 Å². The van der Waals surface area contributed by atoms with Crippen LogP contribution in [0.5, 0.6) is 11.5 Å². The van der Waals surface area contributed by atoms with Gasteiger partial charge in [0.1, 0.15) is 22.9 Å². The van der Waals surface area contributed by atoms with Crippen LogP contribution in [0.15, 0.2) is 18.2 Å². The van der Waals surface area contributed by atoms with Crippen molar-refractivity contribution in [2.45, 2.75) is 72.2 Å². The van der Waals surface area contributed by atoms with E-state index >= 15 is 0 Å². The molecule has 1 aromatic carbocycles. The van der Waals surface area contributed by atoms with E-state index in [0.29, 0.717) is 22.9 Å². The maximum absolute atomic E-state index is 12.9. The van der Waals surface area contributed by atoms with Gasteiger partial charge in [0.25, 0.3) is 8.32 Å². The molecule has 1 heterocycles. The first-order valence-electron chi connectivity index (χ1n) is 10.2. The van der Waals surface area contributed by atoms with Crippen LogP contribution in [-0.4, -0.2) is 36.5 Å². The van der Waals surface area contributed by atoms with E-state index in [1.807, 2.05) is 52.9 Å². The van der Waals surface area contributed by atoms with Crippen molar-refractivity contribution < 1.29 is 18.7 Å². The maximum atomic E-state index is 12.9. The number of aromatic nitrogens is 2. The van der Waals surface area contributed by atoms with Crippen molar-refractivity contribution >= 4 is 14.3 Å². The molecule has 0 amide bonds. The lowest BCUT2D eigenvalue weighted by molar-refractivity contribution is 0.00596. The molecule has 0 fully saturated rings. The zero-order valence-electron chi connectivity index (χ0n) is 20.3. The second kappa shape index (κ2) is 8.10. The second-order valence-corrected chi connectivity index (χ2v) is 14.9. The fraction of sp³-hybridized carbons (Fsp3) is 0.565. The van der Waals surface area contributed by atoms with E-state index in [0.717, 1.165) is 11.4 Å². The number of methoxy groups -OCH3 is 1. The summed E-state index contributed by atoms with van der Waals surface area (Å²) in [7, 11) is 1.36. The summed E-state index contributed by atoms with van der Waals surface area (Å²) >= 11 is 0. The molecule has 0 spiro atoms. The fourth-order valence-electron chi connectivity index (χ4n) is 2.70. The average Bonchev–Trinajstić information content (AvgIpc) is 2.87. The van der Waals surface area contributed by atoms with Crippen molar-refractivity contribution in [3.63, 3.8) is 0 Å². The Kier molecular flexibility index (Phi) is 6.47. The standard InChI is InChI=1S/C23H36N2O4Si/c1-15-24-19(20(25(15)8)21(26)28-22(2,3)4)16-12-13-17(27-9)18(14-16)29-30(10,11)23(5,6)7/h12-14H,1-11H3. The topological polar surface area (TPSA) is 62.6 Å². The van der Waals surface area contributed by atoms with Crippen LogP contribution in [0.3, 0.4) is 0 Å². The van der Waals surface area contributed by atoms with E-state index in [-0.39, 0.29) is 5.04 Å². The number of esters is 1. The predicted molar refractivity (Wildman–Crippen MR) is 123 cm³/mol. The zero-order valence-corrected chi connectivity index (χ0v) is 21.3. The van der Waals surface area contributed by atoms with Crippen LogP contribution in [0.4, 0.5) is 0 Å². The summed E-state index contributed by atoms with van der Waals surface area (Å²) in [4.78, 5) is 17.6. The Bertz CT molecular complexity index is 934. The molecule has 6 nitrogen and oxygen atoms in total. The molecule has 0 aliphatic rings. The Labute approximate surface area is 181 Å². The lowest BCUT2D eigenvalue weighted by Gasteiger charge is -2.36. The summed E-state index contributed by atoms with van der Waals surface area (Å²) < 4.78 is 19.5. The molecule has 2 aromatic rings. The minimum absolute atomic E-state index is 0.0390. The predicted octanol–water partition coefficient (Wildman–Crippen LogP) is 5.74. The van der Waals surface area contributed by atoms with Crippen LogP contribution >= 0.6 is 0 Å². The van der Waals surface area contributed by atoms with E-state index in [4.69, 9.17) is 13.9 Å². The van der Waals surface area contributed by atoms with Gasteiger partial charge in [0, 0.05) is 12.6 Å². The monoisotopic (exact) mass is 432 g/mol. The lowest BCUT2D eigenvalue weighted by Crippen LogP contribution is -2.43. The summed E-state index contributed by atoms with van der Waals surface area (Å²) in [6, 6.07) is 5.67. The Morgan fingerprint density at radius 2 is 1.67 bits per heavy atom. The van der Waals surface area contributed by atoms with Gasteiger partial charge >= 0.3 is 5.97 Å². The Morgan fingerprint density at radius 1 is 1.07 bits per heavy atom. The van der Waals surface area contributed by atoms with Gasteiger partial charge in [-0.05, 0) is 64.0 Å². The van der Waals surface area contributed by atoms with Crippen molar-refractivity contribution in [1.29, 1.82) is 0 Å². The number of ether oxygens (including phenoxy) is 2. The molecule has 0 atom stereocenters. The van der Waals surface area contributed by atoms with Crippen molar-refractivity contribution in [2.75, 3.05) is 7.11 Å². The number of nitrogens with zero attached hydrogens (tertiary/aromatic N) is 2. The molecule has 0 N–H and O–H groups in total. The summed E-state index contributed by atoms with van der Waals surface area (Å²) in [6.07, 6.45) is 0. The van der Waals surface area contributed by atoms with Gasteiger partial charge in [0.2, 0.25) is 0 Å². The average molecular weight is 433 g/mol. The number of aryl methyl sites for hydroxylation is 1. The number of benzene rings is 1. The minimum atomic E-state index is -2.09. The Balaban J connectivity index is 2.59. The number of rotatable bonds is 5. The van der Waals surface area contributed by atoms with E-state index in [2.05, 4.69) is 38.8 Å². The Morgan fingerprint density at radius 3 is 2.17 bits per heavy atom. The summed E-state index contributed by atoms with van der Waals surface area (Å²) in [6.45, 7) is 18.4. The van der Waals surface area contributed by atoms with Gasteiger partial charge in [-0.25, -0.2) is 9.78 Å². The zero-order chi connectivity index (χ0) is 23.1. The van der Waals surface area contributed by atoms with Crippen LogP contribution in [0.1, 0.15) is 57.9 Å². The molecular weight excluding hydrogens is 396 g/mol. The highest BCUT2D eigenvalue weighted by Gasteiger charge is 2.39. The van der Waals surface area contributed by atoms with Gasteiger partial charge in [0.15, 0.2) is 11.4 Å². The van der Waals surface area contributed by atoms with Crippen molar-refractivity contribution in [2.24, 2.45) is 7.05 Å². The summed E-state index contributed by atoms with van der Waals surface area (Å²) in [5, 5.41) is 0.0390. The van der Waals surface area contributed by atoms with E-state index < -0.39 is 19.9 Å². The third-order valence-electron chi connectivity index (χ3n) is 5.52. The van der Waals surface area contributed by atoms with Crippen molar-refractivity contribution in [3.8, 4) is 22.8 Å². The lowest BCUT2D eigenvalue weighted by atomic mass is 10.1. The molecule has 30 heavy (non-hydrogen) atoms. The summed E-state index contributed by atoms with van der Waals surface area (Å²) in [5.41, 5.74) is 1.19. The molecule has 0 radical (unpaired) electrons. The van der Waals surface area contributed by atoms with E-state index in [9.17, 15) is 4.79 Å². The molecule has 2 rings (SSSR count). The van der Waals surface area contributed by atoms with Gasteiger partial charge < -0.3 is 18.5 Å². The molecule has 0 aliphatic carbocycles. The van der Waals surface area contributed by atoms with Crippen molar-refractivity contribution in [1.82, 2.24) is 9.55 Å². The number of hydrogen-bond acceptors (Lipinski definition) is 5. The van der Waals surface area contributed by atoms with Gasteiger partial charge in [-0.3, -0.25) is 0 Å². The van der Waals surface area contributed by atoms with Gasteiger partial charge in [0.05, 0.1) is 7.11 Å². The number of carbonyl (C=O) groups excluding carboxylic acids is 1. The molecule has 0 saturated heterocycles. The highest BCUT2D eigenvalue weighted by molar-refractivity contribution is 6.74. The number of imidazole rings is 1. The fourth-order valence-corrected chi connectivity index (χ4v) is 3.72. The first-order chi connectivity index (χ1) is 13.6. The van der Waals surface area contributed by atoms with Crippen LogP contribution in [0.25, 0.3) is 11.3 Å². The molecule has 0 unspecified atom stereocenters. The van der Waals surface area contributed by atoms with Gasteiger partial charge in [-0.15, -0.1) is 0 Å². The SMILES string of the molecule is COc1ccc(-c2nc(C)n(C)c2C(=O)OC(C)(C)C)cc1O[Si](C)(C)C(C)(C)C. The molecule has 166 valence electrons. The molecule has 0 aliphatic heterocycles. The van der Waals surface area contributed by atoms with Crippen molar-refractivity contribution in [3.05, 3.63) is 29.7 Å². The van der Waals surface area contributed by atoms with Crippen LogP contribution < -0.4 is 9.16 Å². The quantitative estimate of drug-likeness (QED) is 0.445. The largest absolute Gasteiger partial charge is 0.541 e. The minimum Gasteiger partial charge on any atom is -0.541 e. The smallest absolute Gasteiger partial charge is 0.357 e. The van der Waals surface area contributed by atoms with Gasteiger partial charge in [-0.1, -0.05) is 20.8 Å². The highest BCUT2D eigenvalue weighted by atomic mass is 28.4. The summed E-state index contributed by atoms with van der Waals surface area (Å²) in [5.74, 6) is 1.66.